The Balaban J connectivity index is 4.59. The van der Waals surface area contributed by atoms with Gasteiger partial charge in [-0.1, -0.05) is 0 Å². The van der Waals surface area contributed by atoms with Gasteiger partial charge in [-0.3, -0.25) is 9.63 Å². The van der Waals surface area contributed by atoms with E-state index in [0.717, 1.165) is 5.06 Å². The van der Waals surface area contributed by atoms with E-state index in [1.165, 1.54) is 14.2 Å². The Morgan fingerprint density at radius 1 is 1.25 bits per heavy atom. The molecule has 0 aromatic carbocycles. The summed E-state index contributed by atoms with van der Waals surface area (Å²) in [5.74, 6) is -0.338. The average Bonchev–Trinajstić information content (AvgIpc) is 2.33. The van der Waals surface area contributed by atoms with Gasteiger partial charge in [-0.05, 0) is 33.6 Å². The van der Waals surface area contributed by atoms with Gasteiger partial charge in [0.05, 0.1) is 7.11 Å². The minimum atomic E-state index is -0.704. The number of hydrogen-bond donors (Lipinski definition) is 1. The topological polar surface area (TPSA) is 77.1 Å². The molecule has 0 aromatic heterocycles. The van der Waals surface area contributed by atoms with E-state index in [2.05, 4.69) is 5.32 Å². The van der Waals surface area contributed by atoms with Crippen molar-refractivity contribution in [3.8, 4) is 0 Å². The first kappa shape index (κ1) is 18.7. The Hall–Kier alpha value is -1.34. The smallest absolute Gasteiger partial charge is 0.408 e. The lowest BCUT2D eigenvalue weighted by Gasteiger charge is -2.25. The second kappa shape index (κ2) is 8.76. The SMILES string of the molecule is COCCC[C@H](NC(=O)OC(C)(C)C)C(=O)N(C)OC. The fraction of sp³-hybridized carbons (Fsp3) is 0.846. The van der Waals surface area contributed by atoms with E-state index in [4.69, 9.17) is 14.3 Å². The van der Waals surface area contributed by atoms with Gasteiger partial charge < -0.3 is 14.8 Å². The lowest BCUT2D eigenvalue weighted by atomic mass is 10.1. The summed E-state index contributed by atoms with van der Waals surface area (Å²) >= 11 is 0. The van der Waals surface area contributed by atoms with Gasteiger partial charge in [0.25, 0.3) is 5.91 Å². The van der Waals surface area contributed by atoms with Gasteiger partial charge in [-0.15, -0.1) is 0 Å². The first-order valence-electron chi connectivity index (χ1n) is 6.51. The molecule has 0 unspecified atom stereocenters. The summed E-state index contributed by atoms with van der Waals surface area (Å²) in [5.41, 5.74) is -0.614. The van der Waals surface area contributed by atoms with E-state index in [-0.39, 0.29) is 5.91 Å². The minimum absolute atomic E-state index is 0.338. The highest BCUT2D eigenvalue weighted by Gasteiger charge is 2.26. The van der Waals surface area contributed by atoms with Gasteiger partial charge in [-0.25, -0.2) is 9.86 Å². The molecule has 0 saturated heterocycles. The minimum Gasteiger partial charge on any atom is -0.444 e. The van der Waals surface area contributed by atoms with Crippen LogP contribution in [0.4, 0.5) is 4.79 Å². The molecular formula is C13H26N2O5. The van der Waals surface area contributed by atoms with Crippen molar-refractivity contribution in [2.75, 3.05) is 27.9 Å². The predicted molar refractivity (Wildman–Crippen MR) is 74.0 cm³/mol. The van der Waals surface area contributed by atoms with Crippen LogP contribution in [0.1, 0.15) is 33.6 Å². The molecule has 0 fully saturated rings. The van der Waals surface area contributed by atoms with Crippen LogP contribution in [0, 0.1) is 0 Å². The molecule has 0 rings (SSSR count). The van der Waals surface area contributed by atoms with Gasteiger partial charge >= 0.3 is 6.09 Å². The number of carbonyl (C=O) groups excluding carboxylic acids is 2. The first-order chi connectivity index (χ1) is 9.21. The molecule has 0 aliphatic rings. The molecule has 118 valence electrons. The van der Waals surface area contributed by atoms with Crippen molar-refractivity contribution in [3.63, 3.8) is 0 Å². The van der Waals surface area contributed by atoms with Crippen molar-refractivity contribution in [2.24, 2.45) is 0 Å². The Labute approximate surface area is 120 Å². The van der Waals surface area contributed by atoms with Crippen LogP contribution in [0.15, 0.2) is 0 Å². The molecule has 0 aliphatic carbocycles. The van der Waals surface area contributed by atoms with E-state index in [1.807, 2.05) is 0 Å². The van der Waals surface area contributed by atoms with Crippen molar-refractivity contribution in [1.29, 1.82) is 0 Å². The molecule has 2 amide bonds. The number of rotatable bonds is 7. The highest BCUT2D eigenvalue weighted by molar-refractivity contribution is 5.84. The molecule has 0 saturated carbocycles. The maximum Gasteiger partial charge on any atom is 0.408 e. The zero-order valence-electron chi connectivity index (χ0n) is 13.2. The van der Waals surface area contributed by atoms with Gasteiger partial charge in [0.15, 0.2) is 0 Å². The van der Waals surface area contributed by atoms with Crippen LogP contribution < -0.4 is 5.32 Å². The van der Waals surface area contributed by atoms with Gasteiger partial charge in [0, 0.05) is 20.8 Å². The third-order valence-electron chi connectivity index (χ3n) is 2.41. The molecule has 1 atom stereocenters. The molecule has 0 radical (unpaired) electrons. The predicted octanol–water partition coefficient (Wildman–Crippen LogP) is 1.33. The second-order valence-electron chi connectivity index (χ2n) is 5.35. The maximum absolute atomic E-state index is 12.1. The molecule has 0 bridgehead atoms. The van der Waals surface area contributed by atoms with Crippen LogP contribution in [0.2, 0.25) is 0 Å². The Morgan fingerprint density at radius 3 is 2.30 bits per heavy atom. The number of hydroxylamine groups is 2. The fourth-order valence-corrected chi connectivity index (χ4v) is 1.45. The number of carbonyl (C=O) groups is 2. The number of ether oxygens (including phenoxy) is 2. The zero-order valence-corrected chi connectivity index (χ0v) is 13.2. The average molecular weight is 290 g/mol. The van der Waals surface area contributed by atoms with Gasteiger partial charge in [-0.2, -0.15) is 0 Å². The van der Waals surface area contributed by atoms with Crippen molar-refractivity contribution in [1.82, 2.24) is 10.4 Å². The Kier molecular flexibility index (Phi) is 8.17. The van der Waals surface area contributed by atoms with E-state index in [9.17, 15) is 9.59 Å². The summed E-state index contributed by atoms with van der Waals surface area (Å²) in [4.78, 5) is 28.6. The van der Waals surface area contributed by atoms with E-state index < -0.39 is 17.7 Å². The van der Waals surface area contributed by atoms with Crippen LogP contribution in [0.5, 0.6) is 0 Å². The normalized spacial score (nSPS) is 12.7. The number of hydrogen-bond acceptors (Lipinski definition) is 5. The second-order valence-corrected chi connectivity index (χ2v) is 5.35. The largest absolute Gasteiger partial charge is 0.444 e. The van der Waals surface area contributed by atoms with Gasteiger partial charge in [0.1, 0.15) is 11.6 Å². The van der Waals surface area contributed by atoms with Gasteiger partial charge in [0.2, 0.25) is 0 Å². The highest BCUT2D eigenvalue weighted by atomic mass is 16.7. The molecule has 0 aromatic rings. The molecule has 0 heterocycles. The van der Waals surface area contributed by atoms with Crippen LogP contribution in [0.25, 0.3) is 0 Å². The molecule has 0 spiro atoms. The summed E-state index contributed by atoms with van der Waals surface area (Å²) in [7, 11) is 4.46. The van der Waals surface area contributed by atoms with E-state index >= 15 is 0 Å². The summed E-state index contributed by atoms with van der Waals surface area (Å²) in [6.07, 6.45) is 0.456. The van der Waals surface area contributed by atoms with Crippen molar-refractivity contribution in [2.45, 2.75) is 45.3 Å². The van der Waals surface area contributed by atoms with Crippen LogP contribution in [0.3, 0.4) is 0 Å². The molecule has 0 aliphatic heterocycles. The van der Waals surface area contributed by atoms with Crippen LogP contribution in [-0.4, -0.2) is 56.6 Å². The summed E-state index contributed by atoms with van der Waals surface area (Å²) < 4.78 is 10.1. The molecular weight excluding hydrogens is 264 g/mol. The standard InChI is InChI=1S/C13H26N2O5/c1-13(2,3)20-12(17)14-10(8-7-9-18-5)11(16)15(4)19-6/h10H,7-9H2,1-6H3,(H,14,17)/t10-/m0/s1. The molecule has 1 N–H and O–H groups in total. The molecule has 20 heavy (non-hydrogen) atoms. The van der Waals surface area contributed by atoms with Crippen LogP contribution >= 0.6 is 0 Å². The van der Waals surface area contributed by atoms with E-state index in [0.29, 0.717) is 19.4 Å². The fourth-order valence-electron chi connectivity index (χ4n) is 1.45. The van der Waals surface area contributed by atoms with Crippen molar-refractivity contribution >= 4 is 12.0 Å². The third-order valence-corrected chi connectivity index (χ3v) is 2.41. The molecule has 7 heteroatoms. The Morgan fingerprint density at radius 2 is 1.85 bits per heavy atom. The van der Waals surface area contributed by atoms with Crippen molar-refractivity contribution < 1.29 is 23.9 Å². The Bertz CT molecular complexity index is 314. The van der Waals surface area contributed by atoms with Crippen LogP contribution in [-0.2, 0) is 19.1 Å². The van der Waals surface area contributed by atoms with Crippen molar-refractivity contribution in [3.05, 3.63) is 0 Å². The summed E-state index contributed by atoms with van der Waals surface area (Å²) in [6, 6.07) is -0.704. The monoisotopic (exact) mass is 290 g/mol. The lowest BCUT2D eigenvalue weighted by molar-refractivity contribution is -0.171. The zero-order chi connectivity index (χ0) is 15.8. The maximum atomic E-state index is 12.1. The summed E-state index contributed by atoms with van der Waals surface area (Å²) in [6.45, 7) is 5.79. The third kappa shape index (κ3) is 7.96. The first-order valence-corrected chi connectivity index (χ1v) is 6.51. The number of alkyl carbamates (subject to hydrolysis) is 1. The number of nitrogens with one attached hydrogen (secondary N) is 1. The highest BCUT2D eigenvalue weighted by Crippen LogP contribution is 2.08. The number of methoxy groups -OCH3 is 1. The number of amides is 2. The lowest BCUT2D eigenvalue weighted by Crippen LogP contribution is -2.48. The summed E-state index contributed by atoms with van der Waals surface area (Å²) in [5, 5.41) is 3.64. The number of nitrogens with zero attached hydrogens (tertiary/aromatic N) is 1. The molecule has 7 nitrogen and oxygen atoms in total. The van der Waals surface area contributed by atoms with E-state index in [1.54, 1.807) is 27.9 Å². The number of likely N-dealkylation sites (N-methyl/N-ethyl adjacent to an activating group) is 1. The quantitative estimate of drug-likeness (QED) is 0.565.